The summed E-state index contributed by atoms with van der Waals surface area (Å²) in [5.41, 5.74) is 0. The lowest BCUT2D eigenvalue weighted by molar-refractivity contribution is -0.379. The van der Waals surface area contributed by atoms with E-state index in [0.29, 0.717) is 12.8 Å². The Labute approximate surface area is 408 Å². The van der Waals surface area contributed by atoms with Crippen molar-refractivity contribution in [1.29, 1.82) is 0 Å². The van der Waals surface area contributed by atoms with Crippen molar-refractivity contribution >= 4 is 5.91 Å². The Hall–Kier alpha value is -2.25. The second-order valence-electron chi connectivity index (χ2n) is 18.3. The second kappa shape index (κ2) is 35.0. The molecule has 0 aliphatic carbocycles. The first kappa shape index (κ1) is 61.1. The molecule has 69 heavy (non-hydrogen) atoms. The number of hydrogen-bond acceptors (Lipinski definition) is 18. The lowest BCUT2D eigenvalue weighted by Gasteiger charge is -2.48. The zero-order valence-electron chi connectivity index (χ0n) is 40.8. The Balaban J connectivity index is 1.58. The number of allylic oxidation sites excluding steroid dienone is 7. The minimum atomic E-state index is -1.98. The number of amides is 1. The van der Waals surface area contributed by atoms with E-state index >= 15 is 0 Å². The highest BCUT2D eigenvalue weighted by molar-refractivity contribution is 5.76. The van der Waals surface area contributed by atoms with E-state index < -0.39 is 124 Å². The number of carbonyl (C=O) groups excluding carboxylic acids is 1. The summed E-state index contributed by atoms with van der Waals surface area (Å²) in [7, 11) is 0. The van der Waals surface area contributed by atoms with Crippen LogP contribution in [0.5, 0.6) is 0 Å². The average Bonchev–Trinajstić information content (AvgIpc) is 3.34. The first-order valence-corrected chi connectivity index (χ1v) is 25.4. The van der Waals surface area contributed by atoms with E-state index in [2.05, 4.69) is 55.6 Å². The fraction of sp³-hybridized carbons (Fsp3) is 0.820. The van der Waals surface area contributed by atoms with Crippen molar-refractivity contribution in [3.8, 4) is 0 Å². The van der Waals surface area contributed by atoms with Crippen LogP contribution in [-0.4, -0.2) is 193 Å². The highest BCUT2D eigenvalue weighted by Gasteiger charge is 2.53. The fourth-order valence-corrected chi connectivity index (χ4v) is 8.28. The molecule has 0 bridgehead atoms. The van der Waals surface area contributed by atoms with Crippen molar-refractivity contribution in [2.75, 3.05) is 26.4 Å². The molecule has 1 amide bonds. The maximum Gasteiger partial charge on any atom is 0.220 e. The van der Waals surface area contributed by atoms with Gasteiger partial charge in [0.05, 0.1) is 38.6 Å². The second-order valence-corrected chi connectivity index (χ2v) is 18.3. The molecule has 19 nitrogen and oxygen atoms in total. The highest BCUT2D eigenvalue weighted by Crippen LogP contribution is 2.33. The standard InChI is InChI=1S/C50H87NO18/c1-3-5-7-9-11-13-15-16-17-18-20-22-24-26-28-38(56)51-33(34(55)27-25-23-21-19-14-12-10-8-6-4-2)32-64-48-44(62)41(59)46(36(30-53)66-48)69-50-45(63)42(60)47(37(31-54)67-50)68-49-43(61)40(58)39(57)35(29-52)65-49/h9,11,14-16,19,25,27,33-37,39-50,52-55,57-63H,3-8,10,12-13,17-18,20-24,26,28-32H2,1-2H3,(H,51,56)/b11-9-,16-15-,19-14+,27-25+. The van der Waals surface area contributed by atoms with E-state index in [9.17, 15) is 61.0 Å². The molecule has 12 N–H and O–H groups in total. The zero-order chi connectivity index (χ0) is 50.6. The molecule has 3 aliphatic heterocycles. The van der Waals surface area contributed by atoms with Crippen molar-refractivity contribution in [1.82, 2.24) is 5.32 Å². The lowest BCUT2D eigenvalue weighted by atomic mass is 9.96. The molecule has 3 aliphatic rings. The Morgan fingerprint density at radius 3 is 1.58 bits per heavy atom. The van der Waals surface area contributed by atoms with E-state index in [0.717, 1.165) is 64.2 Å². The van der Waals surface area contributed by atoms with Crippen LogP contribution in [0.25, 0.3) is 0 Å². The summed E-state index contributed by atoms with van der Waals surface area (Å²) in [4.78, 5) is 13.2. The molecule has 3 heterocycles. The Morgan fingerprint density at radius 2 is 0.986 bits per heavy atom. The maximum absolute atomic E-state index is 13.2. The van der Waals surface area contributed by atoms with Gasteiger partial charge in [0.25, 0.3) is 0 Å². The van der Waals surface area contributed by atoms with Crippen molar-refractivity contribution in [2.45, 2.75) is 234 Å². The number of carbonyl (C=O) groups is 1. The average molecular weight is 990 g/mol. The van der Waals surface area contributed by atoms with Crippen molar-refractivity contribution < 1.29 is 89.4 Å². The molecular formula is C50H87NO18. The molecule has 0 aromatic rings. The summed E-state index contributed by atoms with van der Waals surface area (Å²) in [6.07, 6.45) is 7.01. The van der Waals surface area contributed by atoms with Crippen LogP contribution in [0.15, 0.2) is 48.6 Å². The van der Waals surface area contributed by atoms with Gasteiger partial charge >= 0.3 is 0 Å². The Morgan fingerprint density at radius 1 is 0.522 bits per heavy atom. The summed E-state index contributed by atoms with van der Waals surface area (Å²) in [5.74, 6) is -0.306. The molecule has 3 rings (SSSR count). The first-order chi connectivity index (χ1) is 33.3. The SMILES string of the molecule is CCCC/C=C\C/C=C\CCCCCCCC(=O)NC(COC1OC(CO)C(OC2OC(CO)C(OC3OC(CO)C(O)C(O)C3O)C(O)C2O)C(O)C1O)C(O)/C=C/CC/C=C/CCCCCC. The third kappa shape index (κ3) is 21.0. The zero-order valence-corrected chi connectivity index (χ0v) is 40.8. The highest BCUT2D eigenvalue weighted by atomic mass is 16.8. The minimum Gasteiger partial charge on any atom is -0.394 e. The largest absolute Gasteiger partial charge is 0.394 e. The first-order valence-electron chi connectivity index (χ1n) is 25.4. The fourth-order valence-electron chi connectivity index (χ4n) is 8.28. The Kier molecular flexibility index (Phi) is 31.0. The van der Waals surface area contributed by atoms with Crippen LogP contribution in [0.2, 0.25) is 0 Å². The molecule has 0 radical (unpaired) electrons. The maximum atomic E-state index is 13.2. The van der Waals surface area contributed by atoms with Gasteiger partial charge < -0.3 is 89.9 Å². The van der Waals surface area contributed by atoms with Gasteiger partial charge in [0, 0.05) is 6.42 Å². The summed E-state index contributed by atoms with van der Waals surface area (Å²) in [6.45, 7) is 1.55. The topological polar surface area (TPSA) is 307 Å². The molecule has 0 aromatic carbocycles. The lowest BCUT2D eigenvalue weighted by Crippen LogP contribution is -2.66. The third-order valence-corrected chi connectivity index (χ3v) is 12.6. The van der Waals surface area contributed by atoms with E-state index in [1.54, 1.807) is 6.08 Å². The third-order valence-electron chi connectivity index (χ3n) is 12.6. The molecule has 400 valence electrons. The summed E-state index contributed by atoms with van der Waals surface area (Å²) in [6, 6.07) is -0.994. The van der Waals surface area contributed by atoms with Crippen LogP contribution in [0.3, 0.4) is 0 Å². The molecule has 0 spiro atoms. The molecule has 17 atom stereocenters. The van der Waals surface area contributed by atoms with Crippen LogP contribution in [-0.2, 0) is 33.2 Å². The van der Waals surface area contributed by atoms with Crippen LogP contribution < -0.4 is 5.32 Å². The van der Waals surface area contributed by atoms with Gasteiger partial charge in [0.2, 0.25) is 5.91 Å². The van der Waals surface area contributed by atoms with E-state index in [4.69, 9.17) is 28.4 Å². The molecular weight excluding hydrogens is 903 g/mol. The molecule has 3 fully saturated rings. The van der Waals surface area contributed by atoms with Gasteiger partial charge in [-0.1, -0.05) is 114 Å². The van der Waals surface area contributed by atoms with Crippen LogP contribution in [0.1, 0.15) is 129 Å². The van der Waals surface area contributed by atoms with Crippen LogP contribution in [0.4, 0.5) is 0 Å². The number of nitrogens with one attached hydrogen (secondary N) is 1. The number of unbranched alkanes of at least 4 members (excludes halogenated alkanes) is 12. The van der Waals surface area contributed by atoms with Gasteiger partial charge in [-0.3, -0.25) is 4.79 Å². The number of hydrogen-bond donors (Lipinski definition) is 12. The summed E-state index contributed by atoms with van der Waals surface area (Å²) < 4.78 is 34.0. The normalized spacial score (nSPS) is 33.3. The number of rotatable bonds is 34. The van der Waals surface area contributed by atoms with Crippen molar-refractivity contribution in [3.63, 3.8) is 0 Å². The number of ether oxygens (including phenoxy) is 6. The van der Waals surface area contributed by atoms with Crippen molar-refractivity contribution in [2.24, 2.45) is 0 Å². The molecule has 19 heteroatoms. The smallest absolute Gasteiger partial charge is 0.220 e. The van der Waals surface area contributed by atoms with E-state index in [-0.39, 0.29) is 18.9 Å². The predicted octanol–water partition coefficient (Wildman–Crippen LogP) is 1.58. The van der Waals surface area contributed by atoms with Gasteiger partial charge in [-0.15, -0.1) is 0 Å². The summed E-state index contributed by atoms with van der Waals surface area (Å²) in [5, 5.41) is 119. The monoisotopic (exact) mass is 990 g/mol. The van der Waals surface area contributed by atoms with Crippen molar-refractivity contribution in [3.05, 3.63) is 48.6 Å². The van der Waals surface area contributed by atoms with E-state index in [1.807, 2.05) is 6.08 Å². The number of aliphatic hydroxyl groups excluding tert-OH is 11. The van der Waals surface area contributed by atoms with Gasteiger partial charge in [-0.05, 0) is 57.8 Å². The Bertz CT molecular complexity index is 1460. The van der Waals surface area contributed by atoms with Gasteiger partial charge in [0.15, 0.2) is 18.9 Å². The quantitative estimate of drug-likeness (QED) is 0.0322. The molecule has 17 unspecified atom stereocenters. The van der Waals surface area contributed by atoms with Crippen LogP contribution >= 0.6 is 0 Å². The summed E-state index contributed by atoms with van der Waals surface area (Å²) >= 11 is 0. The van der Waals surface area contributed by atoms with Gasteiger partial charge in [-0.2, -0.15) is 0 Å². The minimum absolute atomic E-state index is 0.217. The van der Waals surface area contributed by atoms with Crippen LogP contribution in [0, 0.1) is 0 Å². The number of aliphatic hydroxyl groups is 11. The van der Waals surface area contributed by atoms with E-state index in [1.165, 1.54) is 32.1 Å². The predicted molar refractivity (Wildman–Crippen MR) is 254 cm³/mol. The molecule has 3 saturated heterocycles. The van der Waals surface area contributed by atoms with Gasteiger partial charge in [0.1, 0.15) is 73.2 Å². The molecule has 0 saturated carbocycles. The van der Waals surface area contributed by atoms with Gasteiger partial charge in [-0.25, -0.2) is 0 Å². The molecule has 0 aromatic heterocycles.